The van der Waals surface area contributed by atoms with Crippen LogP contribution in [0.4, 0.5) is 5.69 Å². The molecule has 0 aromatic heterocycles. The summed E-state index contributed by atoms with van der Waals surface area (Å²) in [5.41, 5.74) is 6.37. The highest BCUT2D eigenvalue weighted by atomic mass is 15.3. The maximum Gasteiger partial charge on any atom is 0.0564 e. The summed E-state index contributed by atoms with van der Waals surface area (Å²) in [5, 5.41) is 4.14. The van der Waals surface area contributed by atoms with Crippen molar-refractivity contribution < 1.29 is 0 Å². The summed E-state index contributed by atoms with van der Waals surface area (Å²) < 4.78 is 0. The number of anilines is 1. The van der Waals surface area contributed by atoms with Gasteiger partial charge in [-0.25, -0.2) is 0 Å². The summed E-state index contributed by atoms with van der Waals surface area (Å²) in [5.74, 6) is 0. The normalized spacial score (nSPS) is 11.2. The Morgan fingerprint density at radius 3 is 2.61 bits per heavy atom. The van der Waals surface area contributed by atoms with Gasteiger partial charge in [-0.1, -0.05) is 48.5 Å². The zero-order chi connectivity index (χ0) is 12.6. The molecule has 2 heteroatoms. The number of nitrogens with one attached hydrogen (secondary N) is 1. The summed E-state index contributed by atoms with van der Waals surface area (Å²) in [6.45, 7) is 2.06. The molecule has 90 valence electrons. The molecular formula is C16H16N2. The van der Waals surface area contributed by atoms with Gasteiger partial charge < -0.3 is 0 Å². The lowest BCUT2D eigenvalue weighted by atomic mass is 10.2. The molecule has 18 heavy (non-hydrogen) atoms. The third-order valence-corrected chi connectivity index (χ3v) is 2.46. The van der Waals surface area contributed by atoms with Crippen molar-refractivity contribution in [2.45, 2.75) is 6.92 Å². The first kappa shape index (κ1) is 12.1. The van der Waals surface area contributed by atoms with Crippen LogP contribution in [-0.4, -0.2) is 6.21 Å². The number of allylic oxidation sites excluding steroid dienone is 1. The van der Waals surface area contributed by atoms with Crippen LogP contribution < -0.4 is 5.43 Å². The summed E-state index contributed by atoms with van der Waals surface area (Å²) in [6, 6.07) is 18.3. The standard InChI is InChI=1S/C16H16N2/c1-14-7-5-11-16(13-14)18-17-12-6-10-15-8-3-2-4-9-15/h2-13,18H,1H3/b10-6+,17-12?. The molecule has 0 unspecified atom stereocenters. The van der Waals surface area contributed by atoms with Crippen LogP contribution in [-0.2, 0) is 0 Å². The fourth-order valence-corrected chi connectivity index (χ4v) is 1.59. The van der Waals surface area contributed by atoms with Gasteiger partial charge in [-0.15, -0.1) is 0 Å². The smallest absolute Gasteiger partial charge is 0.0564 e. The zero-order valence-electron chi connectivity index (χ0n) is 10.4. The van der Waals surface area contributed by atoms with E-state index in [0.29, 0.717) is 0 Å². The van der Waals surface area contributed by atoms with Gasteiger partial charge in [0.25, 0.3) is 0 Å². The van der Waals surface area contributed by atoms with Gasteiger partial charge >= 0.3 is 0 Å². The van der Waals surface area contributed by atoms with Gasteiger partial charge in [0.05, 0.1) is 5.69 Å². The molecule has 0 fully saturated rings. The van der Waals surface area contributed by atoms with E-state index in [1.165, 1.54) is 11.1 Å². The van der Waals surface area contributed by atoms with Crippen LogP contribution in [0, 0.1) is 6.92 Å². The van der Waals surface area contributed by atoms with E-state index in [1.54, 1.807) is 6.21 Å². The number of benzene rings is 2. The van der Waals surface area contributed by atoms with Crippen LogP contribution >= 0.6 is 0 Å². The van der Waals surface area contributed by atoms with E-state index in [1.807, 2.05) is 42.5 Å². The van der Waals surface area contributed by atoms with Crippen LogP contribution in [0.15, 0.2) is 65.8 Å². The molecule has 1 N–H and O–H groups in total. The molecule has 0 radical (unpaired) electrons. The first-order valence-electron chi connectivity index (χ1n) is 5.92. The van der Waals surface area contributed by atoms with Gasteiger partial charge in [-0.3, -0.25) is 5.43 Å². The number of rotatable bonds is 4. The fraction of sp³-hybridized carbons (Fsp3) is 0.0625. The first-order chi connectivity index (χ1) is 8.84. The third kappa shape index (κ3) is 3.91. The van der Waals surface area contributed by atoms with Crippen molar-refractivity contribution in [2.75, 3.05) is 5.43 Å². The predicted molar refractivity (Wildman–Crippen MR) is 78.8 cm³/mol. The quantitative estimate of drug-likeness (QED) is 0.627. The Morgan fingerprint density at radius 1 is 1.00 bits per heavy atom. The second-order valence-electron chi connectivity index (χ2n) is 4.03. The highest BCUT2D eigenvalue weighted by Gasteiger charge is 1.87. The highest BCUT2D eigenvalue weighted by molar-refractivity contribution is 5.78. The van der Waals surface area contributed by atoms with Gasteiger partial charge in [0, 0.05) is 6.21 Å². The van der Waals surface area contributed by atoms with Crippen molar-refractivity contribution in [1.29, 1.82) is 0 Å². The van der Waals surface area contributed by atoms with Crippen molar-refractivity contribution >= 4 is 18.0 Å². The molecule has 0 aliphatic heterocycles. The van der Waals surface area contributed by atoms with E-state index in [2.05, 4.69) is 41.7 Å². The largest absolute Gasteiger partial charge is 0.279 e. The Labute approximate surface area is 108 Å². The Hall–Kier alpha value is -2.35. The maximum absolute atomic E-state index is 4.14. The van der Waals surface area contributed by atoms with Crippen molar-refractivity contribution in [3.05, 3.63) is 71.8 Å². The minimum Gasteiger partial charge on any atom is -0.279 e. The summed E-state index contributed by atoms with van der Waals surface area (Å²) >= 11 is 0. The SMILES string of the molecule is Cc1cccc(NN=C/C=C/c2ccccc2)c1. The number of hydrazone groups is 1. The molecule has 0 spiro atoms. The molecule has 2 aromatic carbocycles. The van der Waals surface area contributed by atoms with E-state index in [-0.39, 0.29) is 0 Å². The lowest BCUT2D eigenvalue weighted by Crippen LogP contribution is -1.88. The maximum atomic E-state index is 4.14. The lowest BCUT2D eigenvalue weighted by molar-refractivity contribution is 1.34. The minimum absolute atomic E-state index is 0.999. The fourth-order valence-electron chi connectivity index (χ4n) is 1.59. The summed E-state index contributed by atoms with van der Waals surface area (Å²) in [7, 11) is 0. The predicted octanol–water partition coefficient (Wildman–Crippen LogP) is 4.11. The Morgan fingerprint density at radius 2 is 1.83 bits per heavy atom. The molecule has 2 nitrogen and oxygen atoms in total. The summed E-state index contributed by atoms with van der Waals surface area (Å²) in [6.07, 6.45) is 5.68. The highest BCUT2D eigenvalue weighted by Crippen LogP contribution is 2.08. The number of hydrogen-bond donors (Lipinski definition) is 1. The van der Waals surface area contributed by atoms with Crippen LogP contribution in [0.5, 0.6) is 0 Å². The molecule has 2 aromatic rings. The van der Waals surface area contributed by atoms with Crippen molar-refractivity contribution in [3.63, 3.8) is 0 Å². The molecule has 2 rings (SSSR count). The van der Waals surface area contributed by atoms with Crippen LogP contribution in [0.3, 0.4) is 0 Å². The molecule has 0 atom stereocenters. The number of hydrogen-bond acceptors (Lipinski definition) is 2. The monoisotopic (exact) mass is 236 g/mol. The average molecular weight is 236 g/mol. The Kier molecular flexibility index (Phi) is 4.31. The number of nitrogens with zero attached hydrogens (tertiary/aromatic N) is 1. The molecule has 0 saturated carbocycles. The third-order valence-electron chi connectivity index (χ3n) is 2.46. The van der Waals surface area contributed by atoms with Crippen molar-refractivity contribution in [3.8, 4) is 0 Å². The zero-order valence-corrected chi connectivity index (χ0v) is 10.4. The van der Waals surface area contributed by atoms with Gasteiger partial charge in [-0.05, 0) is 36.3 Å². The molecule has 0 aliphatic rings. The first-order valence-corrected chi connectivity index (χ1v) is 5.92. The van der Waals surface area contributed by atoms with Gasteiger partial charge in [0.2, 0.25) is 0 Å². The molecule has 0 saturated heterocycles. The second-order valence-corrected chi connectivity index (χ2v) is 4.03. The number of aryl methyl sites for hydroxylation is 1. The van der Waals surface area contributed by atoms with Crippen molar-refractivity contribution in [2.24, 2.45) is 5.10 Å². The second kappa shape index (κ2) is 6.40. The van der Waals surface area contributed by atoms with Crippen LogP contribution in [0.2, 0.25) is 0 Å². The van der Waals surface area contributed by atoms with Crippen molar-refractivity contribution in [1.82, 2.24) is 0 Å². The van der Waals surface area contributed by atoms with E-state index in [0.717, 1.165) is 5.69 Å². The van der Waals surface area contributed by atoms with E-state index < -0.39 is 0 Å². The summed E-state index contributed by atoms with van der Waals surface area (Å²) in [4.78, 5) is 0. The molecule has 0 aliphatic carbocycles. The van der Waals surface area contributed by atoms with Gasteiger partial charge in [0.15, 0.2) is 0 Å². The minimum atomic E-state index is 0.999. The molecule has 0 heterocycles. The molecule has 0 bridgehead atoms. The van der Waals surface area contributed by atoms with Gasteiger partial charge in [-0.2, -0.15) is 5.10 Å². The van der Waals surface area contributed by atoms with Crippen LogP contribution in [0.25, 0.3) is 6.08 Å². The Bertz CT molecular complexity index is 542. The van der Waals surface area contributed by atoms with E-state index >= 15 is 0 Å². The lowest BCUT2D eigenvalue weighted by Gasteiger charge is -1.99. The van der Waals surface area contributed by atoms with Gasteiger partial charge in [0.1, 0.15) is 0 Å². The topological polar surface area (TPSA) is 24.4 Å². The Balaban J connectivity index is 1.87. The molecule has 0 amide bonds. The van der Waals surface area contributed by atoms with E-state index in [4.69, 9.17) is 0 Å². The van der Waals surface area contributed by atoms with E-state index in [9.17, 15) is 0 Å². The average Bonchev–Trinajstić information content (AvgIpc) is 2.40. The molecular weight excluding hydrogens is 220 g/mol. The van der Waals surface area contributed by atoms with Crippen LogP contribution in [0.1, 0.15) is 11.1 Å².